The molecule has 0 radical (unpaired) electrons. The fourth-order valence-corrected chi connectivity index (χ4v) is 3.63. The van der Waals surface area contributed by atoms with Gasteiger partial charge in [-0.05, 0) is 49.6 Å². The highest BCUT2D eigenvalue weighted by atomic mass is 16.4. The van der Waals surface area contributed by atoms with Crippen LogP contribution >= 0.6 is 0 Å². The maximum Gasteiger partial charge on any atom is 0.326 e. The molecule has 0 fully saturated rings. The van der Waals surface area contributed by atoms with Crippen LogP contribution in [0, 0.1) is 11.8 Å². The molecule has 36 heavy (non-hydrogen) atoms. The van der Waals surface area contributed by atoms with Crippen molar-refractivity contribution < 1.29 is 24.3 Å². The van der Waals surface area contributed by atoms with Crippen LogP contribution < -0.4 is 27.4 Å². The Morgan fingerprint density at radius 3 is 1.92 bits per heavy atom. The minimum Gasteiger partial charge on any atom is -0.480 e. The zero-order valence-electron chi connectivity index (χ0n) is 21.8. The SMILES string of the molecule is CC(C)CC(NC(=O)C(Cc1ccccc1)NC(=O)C(N)C(C)C)C(=O)NC(CCCCN)C(=O)O. The summed E-state index contributed by atoms with van der Waals surface area (Å²) in [5.41, 5.74) is 12.3. The first kappa shape index (κ1) is 31.1. The summed E-state index contributed by atoms with van der Waals surface area (Å²) in [6.07, 6.45) is 1.93. The van der Waals surface area contributed by atoms with E-state index < -0.39 is 47.9 Å². The Labute approximate surface area is 213 Å². The number of amides is 3. The highest BCUT2D eigenvalue weighted by Crippen LogP contribution is 2.10. The number of carboxylic acid groups (broad SMARTS) is 1. The predicted molar refractivity (Wildman–Crippen MR) is 139 cm³/mol. The number of carbonyl (C=O) groups excluding carboxylic acids is 3. The van der Waals surface area contributed by atoms with Crippen LogP contribution in [0.15, 0.2) is 30.3 Å². The molecule has 8 N–H and O–H groups in total. The number of hydrogen-bond acceptors (Lipinski definition) is 6. The van der Waals surface area contributed by atoms with E-state index >= 15 is 0 Å². The molecular formula is C26H43N5O5. The number of unbranched alkanes of at least 4 members (excludes halogenated alkanes) is 1. The van der Waals surface area contributed by atoms with Gasteiger partial charge in [-0.25, -0.2) is 4.79 Å². The van der Waals surface area contributed by atoms with Crippen molar-refractivity contribution in [2.24, 2.45) is 23.3 Å². The van der Waals surface area contributed by atoms with Crippen LogP contribution in [-0.4, -0.2) is 59.5 Å². The Morgan fingerprint density at radius 1 is 0.833 bits per heavy atom. The second-order valence-electron chi connectivity index (χ2n) is 9.90. The first-order valence-corrected chi connectivity index (χ1v) is 12.6. The molecule has 1 aromatic rings. The van der Waals surface area contributed by atoms with Crippen LogP contribution in [0.25, 0.3) is 0 Å². The molecule has 0 aliphatic heterocycles. The molecule has 0 saturated carbocycles. The summed E-state index contributed by atoms with van der Waals surface area (Å²) in [5, 5.41) is 17.5. The van der Waals surface area contributed by atoms with Crippen molar-refractivity contribution in [3.63, 3.8) is 0 Å². The van der Waals surface area contributed by atoms with E-state index in [0.717, 1.165) is 5.56 Å². The van der Waals surface area contributed by atoms with Crippen LogP contribution in [0.5, 0.6) is 0 Å². The first-order valence-electron chi connectivity index (χ1n) is 12.6. The van der Waals surface area contributed by atoms with E-state index in [-0.39, 0.29) is 24.7 Å². The Balaban J connectivity index is 3.06. The quantitative estimate of drug-likeness (QED) is 0.181. The molecule has 3 amide bonds. The second kappa shape index (κ2) is 15.9. The molecule has 4 unspecified atom stereocenters. The van der Waals surface area contributed by atoms with Gasteiger partial charge < -0.3 is 32.5 Å². The third-order valence-corrected chi connectivity index (χ3v) is 5.84. The fourth-order valence-electron chi connectivity index (χ4n) is 3.63. The van der Waals surface area contributed by atoms with Crippen LogP contribution in [0.4, 0.5) is 0 Å². The minimum absolute atomic E-state index is 0.0399. The molecule has 10 heteroatoms. The van der Waals surface area contributed by atoms with E-state index in [9.17, 15) is 24.3 Å². The van der Waals surface area contributed by atoms with Gasteiger partial charge in [-0.1, -0.05) is 58.0 Å². The number of rotatable bonds is 16. The van der Waals surface area contributed by atoms with Gasteiger partial charge in [-0.15, -0.1) is 0 Å². The summed E-state index contributed by atoms with van der Waals surface area (Å²) in [5.74, 6) is -2.82. The zero-order valence-corrected chi connectivity index (χ0v) is 21.8. The molecule has 10 nitrogen and oxygen atoms in total. The lowest BCUT2D eigenvalue weighted by Crippen LogP contribution is -2.58. The highest BCUT2D eigenvalue weighted by molar-refractivity contribution is 5.94. The number of carbonyl (C=O) groups is 4. The number of aliphatic carboxylic acids is 1. The highest BCUT2D eigenvalue weighted by Gasteiger charge is 2.31. The second-order valence-corrected chi connectivity index (χ2v) is 9.90. The van der Waals surface area contributed by atoms with Gasteiger partial charge in [0.1, 0.15) is 18.1 Å². The van der Waals surface area contributed by atoms with Crippen LogP contribution in [0.1, 0.15) is 58.9 Å². The maximum absolute atomic E-state index is 13.3. The van der Waals surface area contributed by atoms with E-state index in [1.165, 1.54) is 0 Å². The first-order chi connectivity index (χ1) is 17.0. The summed E-state index contributed by atoms with van der Waals surface area (Å²) < 4.78 is 0. The molecule has 1 aromatic carbocycles. The van der Waals surface area contributed by atoms with Gasteiger partial charge >= 0.3 is 5.97 Å². The zero-order chi connectivity index (χ0) is 27.3. The van der Waals surface area contributed by atoms with E-state index in [1.54, 1.807) is 0 Å². The van der Waals surface area contributed by atoms with Crippen LogP contribution in [0.3, 0.4) is 0 Å². The van der Waals surface area contributed by atoms with E-state index in [2.05, 4.69) is 16.0 Å². The van der Waals surface area contributed by atoms with Crippen LogP contribution in [0.2, 0.25) is 0 Å². The van der Waals surface area contributed by atoms with Gasteiger partial charge in [0.05, 0.1) is 6.04 Å². The topological polar surface area (TPSA) is 177 Å². The molecule has 4 atom stereocenters. The Morgan fingerprint density at radius 2 is 1.39 bits per heavy atom. The normalized spacial score (nSPS) is 14.6. The average Bonchev–Trinajstić information content (AvgIpc) is 2.82. The molecular weight excluding hydrogens is 462 g/mol. The smallest absolute Gasteiger partial charge is 0.326 e. The summed E-state index contributed by atoms with van der Waals surface area (Å²) in [6.45, 7) is 7.85. The lowest BCUT2D eigenvalue weighted by molar-refractivity contribution is -0.142. The summed E-state index contributed by atoms with van der Waals surface area (Å²) in [4.78, 5) is 50.7. The molecule has 0 aromatic heterocycles. The molecule has 0 saturated heterocycles. The molecule has 202 valence electrons. The lowest BCUT2D eigenvalue weighted by atomic mass is 9.99. The van der Waals surface area contributed by atoms with Crippen LogP contribution in [-0.2, 0) is 25.6 Å². The maximum atomic E-state index is 13.3. The fraction of sp³-hybridized carbons (Fsp3) is 0.615. The van der Waals surface area contributed by atoms with E-state index in [4.69, 9.17) is 11.5 Å². The summed E-state index contributed by atoms with van der Waals surface area (Å²) >= 11 is 0. The molecule has 0 heterocycles. The van der Waals surface area contributed by atoms with Gasteiger partial charge in [0.2, 0.25) is 17.7 Å². The van der Waals surface area contributed by atoms with Gasteiger partial charge in [0.25, 0.3) is 0 Å². The molecule has 0 aliphatic rings. The van der Waals surface area contributed by atoms with Gasteiger partial charge in [0, 0.05) is 6.42 Å². The molecule has 0 bridgehead atoms. The summed E-state index contributed by atoms with van der Waals surface area (Å²) in [6, 6.07) is 5.37. The lowest BCUT2D eigenvalue weighted by Gasteiger charge is -2.26. The van der Waals surface area contributed by atoms with Crippen molar-refractivity contribution in [3.05, 3.63) is 35.9 Å². The Hall–Kier alpha value is -2.98. The number of benzene rings is 1. The average molecular weight is 506 g/mol. The molecule has 1 rings (SSSR count). The minimum atomic E-state index is -1.15. The number of nitrogens with two attached hydrogens (primary N) is 2. The van der Waals surface area contributed by atoms with Crippen molar-refractivity contribution in [1.82, 2.24) is 16.0 Å². The number of hydrogen-bond donors (Lipinski definition) is 6. The third kappa shape index (κ3) is 11.2. The summed E-state index contributed by atoms with van der Waals surface area (Å²) in [7, 11) is 0. The monoisotopic (exact) mass is 505 g/mol. The van der Waals surface area contributed by atoms with Crippen molar-refractivity contribution >= 4 is 23.7 Å². The standard InChI is InChI=1S/C26H43N5O5/c1-16(2)14-20(23(32)29-19(26(35)36)12-8-9-13-27)30-24(33)21(15-18-10-6-5-7-11-18)31-25(34)22(28)17(3)4/h5-7,10-11,16-17,19-22H,8-9,12-15,27-28H2,1-4H3,(H,29,32)(H,30,33)(H,31,34)(H,35,36). The third-order valence-electron chi connectivity index (χ3n) is 5.84. The van der Waals surface area contributed by atoms with E-state index in [0.29, 0.717) is 25.8 Å². The van der Waals surface area contributed by atoms with Crippen molar-refractivity contribution in [3.8, 4) is 0 Å². The Bertz CT molecular complexity index is 846. The van der Waals surface area contributed by atoms with Crippen molar-refractivity contribution in [2.75, 3.05) is 6.54 Å². The van der Waals surface area contributed by atoms with Gasteiger partial charge in [0.15, 0.2) is 0 Å². The number of nitrogens with one attached hydrogen (secondary N) is 3. The largest absolute Gasteiger partial charge is 0.480 e. The Kier molecular flexibility index (Phi) is 13.7. The van der Waals surface area contributed by atoms with Gasteiger partial charge in [-0.2, -0.15) is 0 Å². The van der Waals surface area contributed by atoms with Crippen molar-refractivity contribution in [1.29, 1.82) is 0 Å². The van der Waals surface area contributed by atoms with E-state index in [1.807, 2.05) is 58.0 Å². The van der Waals surface area contributed by atoms with Gasteiger partial charge in [-0.3, -0.25) is 14.4 Å². The molecule has 0 spiro atoms. The molecule has 0 aliphatic carbocycles. The number of carboxylic acids is 1. The van der Waals surface area contributed by atoms with Crippen molar-refractivity contribution in [2.45, 2.75) is 84.0 Å². The predicted octanol–water partition coefficient (Wildman–Crippen LogP) is 0.927.